The molecule has 0 atom stereocenters. The van der Waals surface area contributed by atoms with E-state index in [0.29, 0.717) is 29.8 Å². The van der Waals surface area contributed by atoms with E-state index in [1.165, 1.54) is 6.07 Å². The van der Waals surface area contributed by atoms with Gasteiger partial charge in [-0.3, -0.25) is 9.59 Å². The molecule has 2 aromatic rings. The summed E-state index contributed by atoms with van der Waals surface area (Å²) >= 11 is 0. The average molecular weight is 404 g/mol. The van der Waals surface area contributed by atoms with Crippen molar-refractivity contribution in [1.29, 1.82) is 0 Å². The molecule has 154 valence electrons. The van der Waals surface area contributed by atoms with Gasteiger partial charge in [0.1, 0.15) is 0 Å². The van der Waals surface area contributed by atoms with Crippen molar-refractivity contribution in [3.05, 3.63) is 59.7 Å². The van der Waals surface area contributed by atoms with Crippen LogP contribution in [0.5, 0.6) is 0 Å². The molecule has 0 heterocycles. The zero-order valence-corrected chi connectivity index (χ0v) is 15.9. The summed E-state index contributed by atoms with van der Waals surface area (Å²) in [5.74, 6) is -0.160. The van der Waals surface area contributed by atoms with E-state index in [2.05, 4.69) is 10.6 Å². The molecule has 1 aliphatic rings. The highest BCUT2D eigenvalue weighted by Gasteiger charge is 2.30. The van der Waals surface area contributed by atoms with Crippen LogP contribution in [0.4, 0.5) is 13.2 Å². The number of benzene rings is 2. The van der Waals surface area contributed by atoms with Gasteiger partial charge in [-0.1, -0.05) is 37.1 Å². The number of carbonyl (C=O) groups excluding carboxylic acids is 2. The molecule has 1 aliphatic carbocycles. The van der Waals surface area contributed by atoms with Crippen LogP contribution in [-0.2, 0) is 11.0 Å². The van der Waals surface area contributed by atoms with Gasteiger partial charge in [0.15, 0.2) is 0 Å². The molecule has 0 saturated heterocycles. The normalized spacial score (nSPS) is 14.6. The Hall–Kier alpha value is -2.83. The Kier molecular flexibility index (Phi) is 6.56. The van der Waals surface area contributed by atoms with Gasteiger partial charge in [0.05, 0.1) is 5.56 Å². The predicted molar refractivity (Wildman–Crippen MR) is 104 cm³/mol. The Morgan fingerprint density at radius 3 is 2.21 bits per heavy atom. The molecular formula is C22H23F3N2O2. The summed E-state index contributed by atoms with van der Waals surface area (Å²) in [5.41, 5.74) is 0.720. The van der Waals surface area contributed by atoms with Crippen molar-refractivity contribution < 1.29 is 22.8 Å². The Labute approximate surface area is 167 Å². The monoisotopic (exact) mass is 404 g/mol. The van der Waals surface area contributed by atoms with Gasteiger partial charge in [-0.2, -0.15) is 13.2 Å². The predicted octanol–water partition coefficient (Wildman–Crippen LogP) is 4.41. The van der Waals surface area contributed by atoms with Crippen LogP contribution >= 0.6 is 0 Å². The summed E-state index contributed by atoms with van der Waals surface area (Å²) < 4.78 is 38.6. The molecule has 2 aromatic carbocycles. The fourth-order valence-corrected chi connectivity index (χ4v) is 3.49. The van der Waals surface area contributed by atoms with Gasteiger partial charge in [0.2, 0.25) is 5.91 Å². The van der Waals surface area contributed by atoms with Crippen LogP contribution in [0.25, 0.3) is 11.1 Å². The van der Waals surface area contributed by atoms with Gasteiger partial charge in [-0.15, -0.1) is 0 Å². The zero-order chi connectivity index (χ0) is 20.9. The Morgan fingerprint density at radius 2 is 1.55 bits per heavy atom. The van der Waals surface area contributed by atoms with E-state index < -0.39 is 11.7 Å². The van der Waals surface area contributed by atoms with Crippen LogP contribution in [-0.4, -0.2) is 24.9 Å². The Morgan fingerprint density at radius 1 is 0.897 bits per heavy atom. The molecule has 0 spiro atoms. The van der Waals surface area contributed by atoms with Crippen molar-refractivity contribution in [3.63, 3.8) is 0 Å². The number of alkyl halides is 3. The summed E-state index contributed by atoms with van der Waals surface area (Å²) in [6.07, 6.45) is -0.369. The summed E-state index contributed by atoms with van der Waals surface area (Å²) in [4.78, 5) is 24.1. The van der Waals surface area contributed by atoms with Gasteiger partial charge >= 0.3 is 6.18 Å². The van der Waals surface area contributed by atoms with Crippen molar-refractivity contribution in [2.24, 2.45) is 5.92 Å². The maximum absolute atomic E-state index is 12.9. The molecule has 3 rings (SSSR count). The fourth-order valence-electron chi connectivity index (χ4n) is 3.49. The van der Waals surface area contributed by atoms with Crippen molar-refractivity contribution in [2.75, 3.05) is 13.1 Å². The van der Waals surface area contributed by atoms with Crippen LogP contribution in [0, 0.1) is 5.92 Å². The number of hydrogen-bond donors (Lipinski definition) is 2. The molecule has 0 unspecified atom stereocenters. The molecular weight excluding hydrogens is 381 g/mol. The van der Waals surface area contributed by atoms with E-state index >= 15 is 0 Å². The second-order valence-electron chi connectivity index (χ2n) is 7.18. The highest BCUT2D eigenvalue weighted by Crippen LogP contribution is 2.32. The van der Waals surface area contributed by atoms with E-state index in [9.17, 15) is 22.8 Å². The van der Waals surface area contributed by atoms with Gasteiger partial charge in [-0.25, -0.2) is 0 Å². The van der Waals surface area contributed by atoms with Crippen LogP contribution in [0.15, 0.2) is 48.5 Å². The smallest absolute Gasteiger partial charge is 0.354 e. The van der Waals surface area contributed by atoms with Gasteiger partial charge in [-0.05, 0) is 48.2 Å². The van der Waals surface area contributed by atoms with Crippen molar-refractivity contribution in [3.8, 4) is 11.1 Å². The van der Waals surface area contributed by atoms with Gasteiger partial charge in [0.25, 0.3) is 5.91 Å². The molecule has 1 saturated carbocycles. The number of rotatable bonds is 6. The van der Waals surface area contributed by atoms with Crippen LogP contribution in [0.2, 0.25) is 0 Å². The molecule has 2 amide bonds. The molecule has 0 radical (unpaired) electrons. The highest BCUT2D eigenvalue weighted by atomic mass is 19.4. The van der Waals surface area contributed by atoms with E-state index in [1.807, 2.05) is 0 Å². The lowest BCUT2D eigenvalue weighted by atomic mass is 10.0. The standard InChI is InChI=1S/C22H23F3N2O2/c23-22(24,25)19-7-3-6-18(14-19)15-8-10-17(11-9-15)21(29)27-13-12-26-20(28)16-4-1-2-5-16/h3,6-11,14,16H,1-2,4-5,12-13H2,(H,26,28)(H,27,29). The molecule has 7 heteroatoms. The maximum Gasteiger partial charge on any atom is 0.416 e. The minimum Gasteiger partial charge on any atom is -0.354 e. The third-order valence-corrected chi connectivity index (χ3v) is 5.11. The van der Waals surface area contributed by atoms with E-state index in [4.69, 9.17) is 0 Å². The molecule has 4 nitrogen and oxygen atoms in total. The van der Waals surface area contributed by atoms with Crippen LogP contribution < -0.4 is 10.6 Å². The third-order valence-electron chi connectivity index (χ3n) is 5.11. The van der Waals surface area contributed by atoms with E-state index in [1.54, 1.807) is 30.3 Å². The van der Waals surface area contributed by atoms with Gasteiger partial charge < -0.3 is 10.6 Å². The van der Waals surface area contributed by atoms with E-state index in [0.717, 1.165) is 37.8 Å². The first-order chi connectivity index (χ1) is 13.8. The number of amides is 2. The molecule has 0 aromatic heterocycles. The number of carbonyl (C=O) groups is 2. The molecule has 29 heavy (non-hydrogen) atoms. The first-order valence-electron chi connectivity index (χ1n) is 9.68. The maximum atomic E-state index is 12.9. The largest absolute Gasteiger partial charge is 0.416 e. The number of halogens is 3. The second kappa shape index (κ2) is 9.11. The minimum atomic E-state index is -4.40. The van der Waals surface area contributed by atoms with Crippen LogP contribution in [0.1, 0.15) is 41.6 Å². The zero-order valence-electron chi connectivity index (χ0n) is 15.9. The lowest BCUT2D eigenvalue weighted by Crippen LogP contribution is -2.37. The average Bonchev–Trinajstić information content (AvgIpc) is 3.25. The Balaban J connectivity index is 1.52. The minimum absolute atomic E-state index is 0.0437. The molecule has 0 aliphatic heterocycles. The molecule has 2 N–H and O–H groups in total. The number of nitrogens with one attached hydrogen (secondary N) is 2. The summed E-state index contributed by atoms with van der Waals surface area (Å²) in [6.45, 7) is 0.677. The van der Waals surface area contributed by atoms with Crippen molar-refractivity contribution in [1.82, 2.24) is 10.6 Å². The quantitative estimate of drug-likeness (QED) is 0.701. The first kappa shape index (κ1) is 20.9. The topological polar surface area (TPSA) is 58.2 Å². The van der Waals surface area contributed by atoms with Gasteiger partial charge in [0, 0.05) is 24.6 Å². The Bertz CT molecular complexity index is 857. The van der Waals surface area contributed by atoms with Crippen LogP contribution in [0.3, 0.4) is 0 Å². The SMILES string of the molecule is O=C(NCCNC(=O)C1CCCC1)c1ccc(-c2cccc(C(F)(F)F)c2)cc1. The number of hydrogen-bond acceptors (Lipinski definition) is 2. The summed E-state index contributed by atoms with van der Waals surface area (Å²) in [6, 6.07) is 11.4. The first-order valence-corrected chi connectivity index (χ1v) is 9.68. The fraction of sp³-hybridized carbons (Fsp3) is 0.364. The lowest BCUT2D eigenvalue weighted by molar-refractivity contribution is -0.137. The molecule has 1 fully saturated rings. The molecule has 0 bridgehead atoms. The van der Waals surface area contributed by atoms with Crippen molar-refractivity contribution in [2.45, 2.75) is 31.9 Å². The highest BCUT2D eigenvalue weighted by molar-refractivity contribution is 5.94. The second-order valence-corrected chi connectivity index (χ2v) is 7.18. The lowest BCUT2D eigenvalue weighted by Gasteiger charge is -2.11. The van der Waals surface area contributed by atoms with Crippen molar-refractivity contribution >= 4 is 11.8 Å². The van der Waals surface area contributed by atoms with E-state index in [-0.39, 0.29) is 17.7 Å². The third kappa shape index (κ3) is 5.59. The summed E-state index contributed by atoms with van der Waals surface area (Å²) in [5, 5.41) is 5.56. The summed E-state index contributed by atoms with van der Waals surface area (Å²) in [7, 11) is 0.